The van der Waals surface area contributed by atoms with E-state index in [1.54, 1.807) is 0 Å². The average Bonchev–Trinajstić information content (AvgIpc) is 2.36. The fraction of sp³-hybridized carbons (Fsp3) is 0.250. The van der Waals surface area contributed by atoms with Crippen molar-refractivity contribution in [1.29, 1.82) is 0 Å². The van der Waals surface area contributed by atoms with Crippen molar-refractivity contribution in [3.63, 3.8) is 0 Å². The van der Waals surface area contributed by atoms with E-state index in [9.17, 15) is 0 Å². The van der Waals surface area contributed by atoms with Crippen molar-refractivity contribution in [2.24, 2.45) is 0 Å². The quantitative estimate of drug-likeness (QED) is 0.682. The Hall–Kier alpha value is -1.56. The van der Waals surface area contributed by atoms with E-state index in [1.807, 2.05) is 13.8 Å². The third-order valence-corrected chi connectivity index (χ3v) is 2.50. The van der Waals surface area contributed by atoms with E-state index >= 15 is 0 Å². The number of hydrogen-bond acceptors (Lipinski definition) is 0. The molecule has 0 aliphatic heterocycles. The maximum Gasteiger partial charge on any atom is -0.00232 e. The molecule has 84 valence electrons. The summed E-state index contributed by atoms with van der Waals surface area (Å²) in [5.41, 5.74) is 4.16. The van der Waals surface area contributed by atoms with Crippen molar-refractivity contribution >= 4 is 0 Å². The summed E-state index contributed by atoms with van der Waals surface area (Å²) in [6, 6.07) is 19.1. The highest BCUT2D eigenvalue weighted by atomic mass is 14.0. The molecule has 2 aromatic carbocycles. The van der Waals surface area contributed by atoms with Gasteiger partial charge in [0.25, 0.3) is 0 Å². The fourth-order valence-electron chi connectivity index (χ4n) is 1.62. The lowest BCUT2D eigenvalue weighted by Crippen LogP contribution is -1.90. The second kappa shape index (κ2) is 6.84. The first-order chi connectivity index (χ1) is 7.86. The lowest BCUT2D eigenvalue weighted by atomic mass is 10.0. The zero-order chi connectivity index (χ0) is 11.8. The van der Waals surface area contributed by atoms with E-state index in [1.165, 1.54) is 16.7 Å². The van der Waals surface area contributed by atoms with Gasteiger partial charge in [-0.25, -0.2) is 0 Å². The minimum Gasteiger partial charge on any atom is -0.0683 e. The van der Waals surface area contributed by atoms with E-state index in [0.29, 0.717) is 0 Å². The average molecular weight is 212 g/mol. The standard InChI is InChI=1S/C14H14.C2H6/c1-12-7-5-6-10-14(12)11-13-8-3-2-4-9-13;1-2/h2-10H,11H2,1H3;1-2H3. The Balaban J connectivity index is 0.000000606. The van der Waals surface area contributed by atoms with Crippen LogP contribution in [0.1, 0.15) is 30.5 Å². The van der Waals surface area contributed by atoms with E-state index in [2.05, 4.69) is 61.5 Å². The van der Waals surface area contributed by atoms with Crippen LogP contribution >= 0.6 is 0 Å². The topological polar surface area (TPSA) is 0 Å². The molecule has 0 amide bonds. The van der Waals surface area contributed by atoms with Crippen LogP contribution in [0.3, 0.4) is 0 Å². The van der Waals surface area contributed by atoms with Crippen molar-refractivity contribution in [3.05, 3.63) is 71.3 Å². The molecule has 0 bridgehead atoms. The summed E-state index contributed by atoms with van der Waals surface area (Å²) in [6.07, 6.45) is 1.04. The van der Waals surface area contributed by atoms with Crippen LogP contribution < -0.4 is 0 Å². The van der Waals surface area contributed by atoms with Crippen LogP contribution in [0.5, 0.6) is 0 Å². The van der Waals surface area contributed by atoms with Gasteiger partial charge in [-0.05, 0) is 30.0 Å². The highest BCUT2D eigenvalue weighted by Gasteiger charge is 1.97. The molecule has 0 saturated heterocycles. The molecule has 0 atom stereocenters. The monoisotopic (exact) mass is 212 g/mol. The summed E-state index contributed by atoms with van der Waals surface area (Å²) in [5, 5.41) is 0. The van der Waals surface area contributed by atoms with Crippen molar-refractivity contribution in [1.82, 2.24) is 0 Å². The van der Waals surface area contributed by atoms with Gasteiger partial charge < -0.3 is 0 Å². The fourth-order valence-corrected chi connectivity index (χ4v) is 1.62. The van der Waals surface area contributed by atoms with Gasteiger partial charge in [0.05, 0.1) is 0 Å². The molecule has 0 aliphatic rings. The van der Waals surface area contributed by atoms with E-state index in [4.69, 9.17) is 0 Å². The molecule has 0 aliphatic carbocycles. The number of hydrogen-bond donors (Lipinski definition) is 0. The van der Waals surface area contributed by atoms with E-state index in [-0.39, 0.29) is 0 Å². The maximum absolute atomic E-state index is 2.20. The summed E-state index contributed by atoms with van der Waals surface area (Å²) in [4.78, 5) is 0. The summed E-state index contributed by atoms with van der Waals surface area (Å²) < 4.78 is 0. The zero-order valence-electron chi connectivity index (χ0n) is 10.4. The molecule has 0 heterocycles. The smallest absolute Gasteiger partial charge is 0.00232 e. The lowest BCUT2D eigenvalue weighted by Gasteiger charge is -2.04. The van der Waals surface area contributed by atoms with E-state index < -0.39 is 0 Å². The summed E-state index contributed by atoms with van der Waals surface area (Å²) in [7, 11) is 0. The predicted octanol–water partition coefficient (Wildman–Crippen LogP) is 4.61. The predicted molar refractivity (Wildman–Crippen MR) is 71.8 cm³/mol. The number of rotatable bonds is 2. The van der Waals surface area contributed by atoms with Crippen LogP contribution in [-0.2, 0) is 6.42 Å². The third-order valence-electron chi connectivity index (χ3n) is 2.50. The molecular formula is C16H20. The summed E-state index contributed by atoms with van der Waals surface area (Å²) >= 11 is 0. The van der Waals surface area contributed by atoms with Gasteiger partial charge in [0, 0.05) is 0 Å². The highest BCUT2D eigenvalue weighted by Crippen LogP contribution is 2.12. The largest absolute Gasteiger partial charge is 0.0683 e. The first kappa shape index (κ1) is 12.5. The molecule has 0 spiro atoms. The van der Waals surface area contributed by atoms with Crippen LogP contribution in [-0.4, -0.2) is 0 Å². The Kier molecular flexibility index (Phi) is 5.35. The second-order valence-electron chi connectivity index (χ2n) is 3.59. The van der Waals surface area contributed by atoms with Crippen LogP contribution in [0.25, 0.3) is 0 Å². The van der Waals surface area contributed by atoms with Gasteiger partial charge in [-0.15, -0.1) is 0 Å². The van der Waals surface area contributed by atoms with Gasteiger partial charge in [-0.2, -0.15) is 0 Å². The minimum atomic E-state index is 1.04. The SMILES string of the molecule is CC.Cc1ccccc1Cc1ccccc1. The molecular weight excluding hydrogens is 192 g/mol. The molecule has 0 nitrogen and oxygen atoms in total. The Morgan fingerprint density at radius 1 is 0.750 bits per heavy atom. The van der Waals surface area contributed by atoms with Gasteiger partial charge >= 0.3 is 0 Å². The molecule has 0 unspecified atom stereocenters. The molecule has 0 radical (unpaired) electrons. The first-order valence-electron chi connectivity index (χ1n) is 5.95. The molecule has 0 N–H and O–H groups in total. The van der Waals surface area contributed by atoms with Gasteiger partial charge in [-0.1, -0.05) is 68.4 Å². The third kappa shape index (κ3) is 3.54. The summed E-state index contributed by atoms with van der Waals surface area (Å²) in [6.45, 7) is 6.16. The van der Waals surface area contributed by atoms with Crippen LogP contribution in [0, 0.1) is 6.92 Å². The normalized spacial score (nSPS) is 9.19. The minimum absolute atomic E-state index is 1.04. The van der Waals surface area contributed by atoms with Crippen molar-refractivity contribution in [2.45, 2.75) is 27.2 Å². The highest BCUT2D eigenvalue weighted by molar-refractivity contribution is 5.31. The molecule has 2 aromatic rings. The van der Waals surface area contributed by atoms with Crippen molar-refractivity contribution in [3.8, 4) is 0 Å². The molecule has 0 heteroatoms. The van der Waals surface area contributed by atoms with E-state index in [0.717, 1.165) is 6.42 Å². The second-order valence-corrected chi connectivity index (χ2v) is 3.59. The summed E-state index contributed by atoms with van der Waals surface area (Å²) in [5.74, 6) is 0. The van der Waals surface area contributed by atoms with Gasteiger partial charge in [0.1, 0.15) is 0 Å². The first-order valence-corrected chi connectivity index (χ1v) is 5.95. The van der Waals surface area contributed by atoms with Crippen LogP contribution in [0.2, 0.25) is 0 Å². The Morgan fingerprint density at radius 2 is 1.31 bits per heavy atom. The van der Waals surface area contributed by atoms with Gasteiger partial charge in [-0.3, -0.25) is 0 Å². The van der Waals surface area contributed by atoms with Crippen molar-refractivity contribution < 1.29 is 0 Å². The lowest BCUT2D eigenvalue weighted by molar-refractivity contribution is 1.16. The Labute approximate surface area is 99.0 Å². The Morgan fingerprint density at radius 3 is 1.94 bits per heavy atom. The molecule has 16 heavy (non-hydrogen) atoms. The van der Waals surface area contributed by atoms with Crippen molar-refractivity contribution in [2.75, 3.05) is 0 Å². The molecule has 2 rings (SSSR count). The zero-order valence-corrected chi connectivity index (χ0v) is 10.4. The molecule has 0 aromatic heterocycles. The molecule has 0 fully saturated rings. The maximum atomic E-state index is 2.20. The molecule has 0 saturated carbocycles. The number of aryl methyl sites for hydroxylation is 1. The number of benzene rings is 2. The van der Waals surface area contributed by atoms with Crippen LogP contribution in [0.15, 0.2) is 54.6 Å². The Bertz CT molecular complexity index is 401. The van der Waals surface area contributed by atoms with Gasteiger partial charge in [0.15, 0.2) is 0 Å². The van der Waals surface area contributed by atoms with Gasteiger partial charge in [0.2, 0.25) is 0 Å². The van der Waals surface area contributed by atoms with Crippen LogP contribution in [0.4, 0.5) is 0 Å².